The molecule has 2 N–H and O–H groups in total. The number of nitrogens with one attached hydrogen (secondary N) is 2. The molecule has 0 spiro atoms. The van der Waals surface area contributed by atoms with Crippen molar-refractivity contribution < 1.29 is 9.53 Å². The maximum atomic E-state index is 12.1. The molecule has 2 fully saturated rings. The van der Waals surface area contributed by atoms with Crippen LogP contribution in [0.5, 0.6) is 0 Å². The third-order valence-electron chi connectivity index (χ3n) is 5.11. The van der Waals surface area contributed by atoms with Crippen molar-refractivity contribution in [2.45, 2.75) is 38.2 Å². The Morgan fingerprint density at radius 2 is 1.78 bits per heavy atom. The Kier molecular flexibility index (Phi) is 5.53. The van der Waals surface area contributed by atoms with E-state index in [0.29, 0.717) is 12.3 Å². The van der Waals surface area contributed by atoms with Gasteiger partial charge in [0, 0.05) is 31.1 Å². The van der Waals surface area contributed by atoms with Crippen LogP contribution in [0, 0.1) is 0 Å². The highest BCUT2D eigenvalue weighted by Crippen LogP contribution is 2.23. The summed E-state index contributed by atoms with van der Waals surface area (Å²) in [6.07, 6.45) is 6.95. The normalized spacial score (nSPS) is 19.7. The molecule has 1 amide bonds. The molecule has 2 aliphatic rings. The molecule has 3 heterocycles. The molecule has 1 aromatic carbocycles. The zero-order valence-electron chi connectivity index (χ0n) is 15.5. The minimum atomic E-state index is -0.332. The lowest BCUT2D eigenvalue weighted by atomic mass is 10.1. The van der Waals surface area contributed by atoms with Crippen LogP contribution in [0.25, 0.3) is 0 Å². The molecule has 6 heteroatoms. The Labute approximate surface area is 159 Å². The highest BCUT2D eigenvalue weighted by atomic mass is 16.5. The number of ether oxygens (including phenoxy) is 1. The van der Waals surface area contributed by atoms with Crippen molar-refractivity contribution in [2.75, 3.05) is 35.2 Å². The average molecular weight is 366 g/mol. The number of hydrogen-bond donors (Lipinski definition) is 2. The minimum absolute atomic E-state index is 0.0942. The monoisotopic (exact) mass is 366 g/mol. The summed E-state index contributed by atoms with van der Waals surface area (Å²) in [5.41, 5.74) is 2.96. The quantitative estimate of drug-likeness (QED) is 0.839. The molecule has 142 valence electrons. The van der Waals surface area contributed by atoms with Crippen LogP contribution in [0.15, 0.2) is 42.6 Å². The first-order chi connectivity index (χ1) is 13.3. The predicted molar refractivity (Wildman–Crippen MR) is 108 cm³/mol. The second-order valence-corrected chi connectivity index (χ2v) is 7.14. The van der Waals surface area contributed by atoms with Crippen LogP contribution in [-0.4, -0.2) is 36.7 Å². The molecular weight excluding hydrogens is 340 g/mol. The summed E-state index contributed by atoms with van der Waals surface area (Å²) >= 11 is 0. The Bertz CT molecular complexity index is 749. The molecule has 1 atom stereocenters. The number of benzene rings is 1. The van der Waals surface area contributed by atoms with Gasteiger partial charge in [0.25, 0.3) is 5.91 Å². The van der Waals surface area contributed by atoms with Crippen LogP contribution < -0.4 is 15.5 Å². The van der Waals surface area contributed by atoms with Gasteiger partial charge in [-0.2, -0.15) is 0 Å². The van der Waals surface area contributed by atoms with Gasteiger partial charge >= 0.3 is 0 Å². The number of rotatable bonds is 5. The number of pyridine rings is 1. The van der Waals surface area contributed by atoms with Crippen LogP contribution in [0.4, 0.5) is 22.9 Å². The third kappa shape index (κ3) is 4.57. The number of aromatic nitrogens is 1. The fraction of sp³-hybridized carbons (Fsp3) is 0.429. The first kappa shape index (κ1) is 17.8. The average Bonchev–Trinajstić information content (AvgIpc) is 3.26. The van der Waals surface area contributed by atoms with Gasteiger partial charge < -0.3 is 20.3 Å². The number of hydrogen-bond acceptors (Lipinski definition) is 5. The molecule has 0 radical (unpaired) electrons. The molecule has 27 heavy (non-hydrogen) atoms. The summed E-state index contributed by atoms with van der Waals surface area (Å²) in [6, 6.07) is 12.2. The summed E-state index contributed by atoms with van der Waals surface area (Å²) in [5.74, 6) is 0.652. The van der Waals surface area contributed by atoms with E-state index in [0.717, 1.165) is 37.4 Å². The van der Waals surface area contributed by atoms with Gasteiger partial charge in [-0.05, 0) is 68.5 Å². The van der Waals surface area contributed by atoms with Crippen molar-refractivity contribution in [1.29, 1.82) is 0 Å². The molecule has 0 saturated carbocycles. The van der Waals surface area contributed by atoms with Crippen molar-refractivity contribution in [3.63, 3.8) is 0 Å². The van der Waals surface area contributed by atoms with Crippen molar-refractivity contribution in [2.24, 2.45) is 0 Å². The van der Waals surface area contributed by atoms with E-state index in [4.69, 9.17) is 4.74 Å². The van der Waals surface area contributed by atoms with Gasteiger partial charge in [-0.15, -0.1) is 0 Å². The molecule has 2 aromatic rings. The molecule has 2 saturated heterocycles. The van der Waals surface area contributed by atoms with Crippen LogP contribution in [-0.2, 0) is 9.53 Å². The lowest BCUT2D eigenvalue weighted by molar-refractivity contribution is -0.124. The fourth-order valence-corrected chi connectivity index (χ4v) is 3.60. The van der Waals surface area contributed by atoms with E-state index in [9.17, 15) is 4.79 Å². The van der Waals surface area contributed by atoms with Gasteiger partial charge in [-0.25, -0.2) is 4.98 Å². The fourth-order valence-electron chi connectivity index (χ4n) is 3.60. The number of carbonyl (C=O) groups excluding carboxylic acids is 1. The summed E-state index contributed by atoms with van der Waals surface area (Å²) in [5, 5.41) is 6.16. The Hall–Kier alpha value is -2.60. The maximum Gasteiger partial charge on any atom is 0.253 e. The largest absolute Gasteiger partial charge is 0.372 e. The Morgan fingerprint density at radius 1 is 1.00 bits per heavy atom. The van der Waals surface area contributed by atoms with Gasteiger partial charge in [-0.3, -0.25) is 4.79 Å². The van der Waals surface area contributed by atoms with E-state index >= 15 is 0 Å². The van der Waals surface area contributed by atoms with E-state index in [1.54, 1.807) is 6.20 Å². The number of piperidine rings is 1. The Morgan fingerprint density at radius 3 is 2.44 bits per heavy atom. The highest BCUT2D eigenvalue weighted by molar-refractivity contribution is 5.94. The van der Waals surface area contributed by atoms with Crippen LogP contribution >= 0.6 is 0 Å². The summed E-state index contributed by atoms with van der Waals surface area (Å²) in [7, 11) is 0. The van der Waals surface area contributed by atoms with Gasteiger partial charge in [0.1, 0.15) is 11.9 Å². The number of nitrogens with zero attached hydrogens (tertiary/aromatic N) is 2. The first-order valence-electron chi connectivity index (χ1n) is 9.78. The van der Waals surface area contributed by atoms with Gasteiger partial charge in [0.2, 0.25) is 0 Å². The third-order valence-corrected chi connectivity index (χ3v) is 5.11. The molecular formula is C21H26N4O2. The van der Waals surface area contributed by atoms with E-state index in [2.05, 4.69) is 44.8 Å². The summed E-state index contributed by atoms with van der Waals surface area (Å²) in [6.45, 7) is 2.95. The molecule has 0 bridgehead atoms. The summed E-state index contributed by atoms with van der Waals surface area (Å²) in [4.78, 5) is 18.9. The van der Waals surface area contributed by atoms with E-state index < -0.39 is 0 Å². The smallest absolute Gasteiger partial charge is 0.253 e. The molecule has 4 rings (SSSR count). The molecule has 2 aliphatic heterocycles. The lowest BCUT2D eigenvalue weighted by Crippen LogP contribution is -2.29. The van der Waals surface area contributed by atoms with Crippen LogP contribution in [0.3, 0.4) is 0 Å². The SMILES string of the molecule is O=C(Nc1ccc(Nc2ccc(N3CCCCC3)cc2)nc1)C1CCCO1. The second-order valence-electron chi connectivity index (χ2n) is 7.14. The molecule has 1 unspecified atom stereocenters. The van der Waals surface area contributed by atoms with Crippen LogP contribution in [0.1, 0.15) is 32.1 Å². The molecule has 6 nitrogen and oxygen atoms in total. The minimum Gasteiger partial charge on any atom is -0.372 e. The zero-order valence-corrected chi connectivity index (χ0v) is 15.5. The highest BCUT2D eigenvalue weighted by Gasteiger charge is 2.23. The summed E-state index contributed by atoms with van der Waals surface area (Å²) < 4.78 is 5.39. The van der Waals surface area contributed by atoms with Gasteiger partial charge in [0.15, 0.2) is 0 Å². The first-order valence-corrected chi connectivity index (χ1v) is 9.78. The van der Waals surface area contributed by atoms with Gasteiger partial charge in [-0.1, -0.05) is 0 Å². The number of amides is 1. The molecule has 0 aliphatic carbocycles. The van der Waals surface area contributed by atoms with E-state index in [1.807, 2.05) is 12.1 Å². The number of carbonyl (C=O) groups is 1. The second kappa shape index (κ2) is 8.39. The topological polar surface area (TPSA) is 66.5 Å². The van der Waals surface area contributed by atoms with Crippen molar-refractivity contribution >= 4 is 28.8 Å². The maximum absolute atomic E-state index is 12.1. The Balaban J connectivity index is 1.33. The lowest BCUT2D eigenvalue weighted by Gasteiger charge is -2.28. The predicted octanol–water partition coefficient (Wildman–Crippen LogP) is 3.93. The number of anilines is 4. The van der Waals surface area contributed by atoms with Crippen molar-refractivity contribution in [1.82, 2.24) is 4.98 Å². The van der Waals surface area contributed by atoms with Crippen molar-refractivity contribution in [3.05, 3.63) is 42.6 Å². The van der Waals surface area contributed by atoms with Gasteiger partial charge in [0.05, 0.1) is 11.9 Å². The van der Waals surface area contributed by atoms with E-state index in [-0.39, 0.29) is 12.0 Å². The van der Waals surface area contributed by atoms with E-state index in [1.165, 1.54) is 24.9 Å². The van der Waals surface area contributed by atoms with Crippen LogP contribution in [0.2, 0.25) is 0 Å². The van der Waals surface area contributed by atoms with Crippen molar-refractivity contribution in [3.8, 4) is 0 Å². The molecule has 1 aromatic heterocycles. The zero-order chi connectivity index (χ0) is 18.5. The standard InChI is InChI=1S/C21H26N4O2/c26-21(19-5-4-14-27-19)24-17-8-11-20(22-15-17)23-16-6-9-18(10-7-16)25-12-2-1-3-13-25/h6-11,15,19H,1-5,12-14H2,(H,22,23)(H,24,26).